The van der Waals surface area contributed by atoms with E-state index < -0.39 is 41.9 Å². The Hall–Kier alpha value is -4.66. The molecule has 5 rings (SSSR count). The fourth-order valence-electron chi connectivity index (χ4n) is 4.54. The zero-order valence-corrected chi connectivity index (χ0v) is 19.9. The van der Waals surface area contributed by atoms with Gasteiger partial charge < -0.3 is 24.6 Å². The van der Waals surface area contributed by atoms with Gasteiger partial charge in [-0.1, -0.05) is 66.7 Å². The van der Waals surface area contributed by atoms with Crippen LogP contribution in [0.3, 0.4) is 0 Å². The largest absolute Gasteiger partial charge is 0.484 e. The van der Waals surface area contributed by atoms with Gasteiger partial charge in [0, 0.05) is 12.1 Å². The van der Waals surface area contributed by atoms with E-state index >= 15 is 0 Å². The van der Waals surface area contributed by atoms with E-state index in [1.807, 2.05) is 36.4 Å². The first-order chi connectivity index (χ1) is 18.0. The van der Waals surface area contributed by atoms with Crippen LogP contribution in [0.4, 0.5) is 0 Å². The third kappa shape index (κ3) is 5.02. The maximum absolute atomic E-state index is 13.3. The lowest BCUT2D eigenvalue weighted by Crippen LogP contribution is -2.71. The average molecular weight is 500 g/mol. The second-order valence-corrected chi connectivity index (χ2v) is 8.75. The molecule has 9 heteroatoms. The van der Waals surface area contributed by atoms with Crippen molar-refractivity contribution < 1.29 is 28.7 Å². The second kappa shape index (κ2) is 10.5. The molecule has 2 heterocycles. The van der Waals surface area contributed by atoms with Crippen molar-refractivity contribution in [3.8, 4) is 5.75 Å². The normalized spacial score (nSPS) is 20.0. The number of amides is 3. The topological polar surface area (TPSA) is 105 Å². The van der Waals surface area contributed by atoms with Crippen LogP contribution >= 0.6 is 0 Å². The van der Waals surface area contributed by atoms with E-state index in [2.05, 4.69) is 5.32 Å². The molecule has 0 spiro atoms. The van der Waals surface area contributed by atoms with Crippen LogP contribution in [0.5, 0.6) is 5.75 Å². The summed E-state index contributed by atoms with van der Waals surface area (Å²) in [5.74, 6) is -1.51. The number of rotatable bonds is 8. The molecule has 2 saturated heterocycles. The third-order valence-electron chi connectivity index (χ3n) is 6.35. The molecule has 2 aliphatic heterocycles. The van der Waals surface area contributed by atoms with Gasteiger partial charge in [0.05, 0.1) is 6.04 Å². The SMILES string of the molecule is O=C(COc1ccccc1)N[C@@H]1C(=O)N2C1CN(C(=O)c1ccccc1)C2C(=O)OCc1ccccc1. The lowest BCUT2D eigenvalue weighted by Gasteiger charge is -2.43. The Morgan fingerprint density at radius 3 is 2.16 bits per heavy atom. The van der Waals surface area contributed by atoms with Gasteiger partial charge in [-0.25, -0.2) is 4.79 Å². The van der Waals surface area contributed by atoms with Crippen molar-refractivity contribution >= 4 is 23.7 Å². The highest BCUT2D eigenvalue weighted by Gasteiger charge is 2.61. The number of carbonyl (C=O) groups excluding carboxylic acids is 4. The van der Waals surface area contributed by atoms with Crippen LogP contribution < -0.4 is 10.1 Å². The molecule has 0 aromatic heterocycles. The molecule has 3 amide bonds. The van der Waals surface area contributed by atoms with Crippen molar-refractivity contribution in [1.29, 1.82) is 0 Å². The van der Waals surface area contributed by atoms with Crippen molar-refractivity contribution in [3.05, 3.63) is 102 Å². The lowest BCUT2D eigenvalue weighted by molar-refractivity contribution is -0.167. The first-order valence-electron chi connectivity index (χ1n) is 11.9. The van der Waals surface area contributed by atoms with E-state index in [1.54, 1.807) is 54.6 Å². The van der Waals surface area contributed by atoms with E-state index in [0.717, 1.165) is 5.56 Å². The Kier molecular flexibility index (Phi) is 6.85. The molecule has 1 N–H and O–H groups in total. The summed E-state index contributed by atoms with van der Waals surface area (Å²) in [4.78, 5) is 54.7. The van der Waals surface area contributed by atoms with Crippen molar-refractivity contribution in [2.24, 2.45) is 0 Å². The molecule has 3 aromatic carbocycles. The molecule has 2 unspecified atom stereocenters. The van der Waals surface area contributed by atoms with Gasteiger partial charge in [0.2, 0.25) is 12.1 Å². The summed E-state index contributed by atoms with van der Waals surface area (Å²) in [6.07, 6.45) is -1.22. The molecule has 3 aromatic rings. The van der Waals surface area contributed by atoms with Gasteiger partial charge >= 0.3 is 5.97 Å². The Bertz CT molecular complexity index is 1290. The van der Waals surface area contributed by atoms with Crippen LogP contribution in [-0.4, -0.2) is 64.9 Å². The van der Waals surface area contributed by atoms with Gasteiger partial charge in [-0.15, -0.1) is 0 Å². The molecule has 188 valence electrons. The first-order valence-corrected chi connectivity index (χ1v) is 11.9. The Balaban J connectivity index is 1.29. The quantitative estimate of drug-likeness (QED) is 0.376. The van der Waals surface area contributed by atoms with Crippen LogP contribution in [0.25, 0.3) is 0 Å². The molecule has 0 bridgehead atoms. The van der Waals surface area contributed by atoms with Crippen LogP contribution in [0.1, 0.15) is 15.9 Å². The van der Waals surface area contributed by atoms with E-state index in [1.165, 1.54) is 9.80 Å². The van der Waals surface area contributed by atoms with Gasteiger partial charge in [0.15, 0.2) is 6.61 Å². The number of ether oxygens (including phenoxy) is 2. The number of β-lactam (4-membered cyclic amide) rings is 1. The van der Waals surface area contributed by atoms with Crippen molar-refractivity contribution in [1.82, 2.24) is 15.1 Å². The molecule has 3 atom stereocenters. The van der Waals surface area contributed by atoms with Crippen molar-refractivity contribution in [2.45, 2.75) is 24.9 Å². The predicted octanol–water partition coefficient (Wildman–Crippen LogP) is 1.99. The number of benzene rings is 3. The minimum atomic E-state index is -1.22. The van der Waals surface area contributed by atoms with E-state index in [4.69, 9.17) is 9.47 Å². The summed E-state index contributed by atoms with van der Waals surface area (Å²) in [7, 11) is 0. The molecular weight excluding hydrogens is 474 g/mol. The van der Waals surface area contributed by atoms with E-state index in [-0.39, 0.29) is 19.8 Å². The number of nitrogens with one attached hydrogen (secondary N) is 1. The number of hydrogen-bond acceptors (Lipinski definition) is 6. The first kappa shape index (κ1) is 24.1. The van der Waals surface area contributed by atoms with Crippen LogP contribution in [0.2, 0.25) is 0 Å². The maximum Gasteiger partial charge on any atom is 0.350 e. The second-order valence-electron chi connectivity index (χ2n) is 8.75. The highest BCUT2D eigenvalue weighted by Crippen LogP contribution is 2.34. The standard InChI is InChI=1S/C28H25N3O6/c32-23(18-36-21-14-8-3-9-15-21)29-24-22-16-30(26(33)20-12-6-2-7-13-20)25(31(22)27(24)34)28(35)37-17-19-10-4-1-5-11-19/h1-15,22,24-25H,16-18H2,(H,29,32)/t22?,24-,25?/m0/s1. The number of fused-ring (bicyclic) bond motifs is 1. The average Bonchev–Trinajstić information content (AvgIpc) is 3.31. The summed E-state index contributed by atoms with van der Waals surface area (Å²) < 4.78 is 11.0. The Morgan fingerprint density at radius 2 is 1.49 bits per heavy atom. The van der Waals surface area contributed by atoms with E-state index in [0.29, 0.717) is 11.3 Å². The minimum Gasteiger partial charge on any atom is -0.484 e. The number of carbonyl (C=O) groups is 4. The smallest absolute Gasteiger partial charge is 0.350 e. The number of hydrogen-bond donors (Lipinski definition) is 1. The van der Waals surface area contributed by atoms with E-state index in [9.17, 15) is 19.2 Å². The predicted molar refractivity (Wildman–Crippen MR) is 132 cm³/mol. The molecule has 0 radical (unpaired) electrons. The number of para-hydroxylation sites is 1. The van der Waals surface area contributed by atoms with Crippen LogP contribution in [0.15, 0.2) is 91.0 Å². The fourth-order valence-corrected chi connectivity index (χ4v) is 4.54. The maximum atomic E-state index is 13.3. The molecule has 0 saturated carbocycles. The monoisotopic (exact) mass is 499 g/mol. The summed E-state index contributed by atoms with van der Waals surface area (Å²) in [5, 5.41) is 2.68. The molecule has 9 nitrogen and oxygen atoms in total. The summed E-state index contributed by atoms with van der Waals surface area (Å²) in [6, 6.07) is 25.1. The summed E-state index contributed by atoms with van der Waals surface area (Å²) in [6.45, 7) is -0.183. The lowest BCUT2D eigenvalue weighted by atomic mass is 9.96. The summed E-state index contributed by atoms with van der Waals surface area (Å²) in [5.41, 5.74) is 1.17. The van der Waals surface area contributed by atoms with Crippen molar-refractivity contribution in [2.75, 3.05) is 13.2 Å². The Morgan fingerprint density at radius 1 is 0.865 bits per heavy atom. The van der Waals surface area contributed by atoms with Crippen molar-refractivity contribution in [3.63, 3.8) is 0 Å². The highest BCUT2D eigenvalue weighted by molar-refractivity contribution is 6.02. The van der Waals surface area contributed by atoms with Crippen LogP contribution in [0, 0.1) is 0 Å². The molecule has 2 fully saturated rings. The third-order valence-corrected chi connectivity index (χ3v) is 6.35. The van der Waals surface area contributed by atoms with Gasteiger partial charge in [-0.2, -0.15) is 0 Å². The number of esters is 1. The highest BCUT2D eigenvalue weighted by atomic mass is 16.5. The zero-order valence-electron chi connectivity index (χ0n) is 19.9. The fraction of sp³-hybridized carbons (Fsp3) is 0.214. The van der Waals surface area contributed by atoms with Gasteiger partial charge in [0.1, 0.15) is 18.4 Å². The molecule has 0 aliphatic carbocycles. The molecule has 2 aliphatic rings. The molecule has 37 heavy (non-hydrogen) atoms. The molecular formula is C28H25N3O6. The zero-order chi connectivity index (χ0) is 25.8. The van der Waals surface area contributed by atoms with Gasteiger partial charge in [-0.3, -0.25) is 14.4 Å². The Labute approximate surface area is 213 Å². The van der Waals surface area contributed by atoms with Gasteiger partial charge in [0.25, 0.3) is 11.8 Å². The number of nitrogens with zero attached hydrogens (tertiary/aromatic N) is 2. The minimum absolute atomic E-state index is 0.00717. The van der Waals surface area contributed by atoms with Gasteiger partial charge in [-0.05, 0) is 29.8 Å². The van der Waals surface area contributed by atoms with Crippen LogP contribution in [-0.2, 0) is 25.7 Å². The summed E-state index contributed by atoms with van der Waals surface area (Å²) >= 11 is 0.